The van der Waals surface area contributed by atoms with Crippen LogP contribution in [-0.4, -0.2) is 45.6 Å². The number of rotatable bonds is 4. The number of imidazole rings is 1. The molecule has 0 saturated carbocycles. The van der Waals surface area contributed by atoms with E-state index in [1.54, 1.807) is 6.20 Å². The molecule has 146 valence electrons. The molecule has 5 rings (SSSR count). The average Bonchev–Trinajstić information content (AvgIpc) is 3.12. The van der Waals surface area contributed by atoms with Gasteiger partial charge in [-0.1, -0.05) is 30.3 Å². The molecule has 0 atom stereocenters. The first-order valence-corrected chi connectivity index (χ1v) is 9.86. The third kappa shape index (κ3) is 3.60. The third-order valence-corrected chi connectivity index (χ3v) is 5.36. The second-order valence-corrected chi connectivity index (χ2v) is 7.29. The molecule has 3 aromatic heterocycles. The molecule has 4 heterocycles. The number of nitrogen functional groups attached to an aromatic ring is 1. The lowest BCUT2D eigenvalue weighted by Gasteiger charge is -2.26. The number of nitrogens with zero attached hydrogens (tertiary/aromatic N) is 4. The van der Waals surface area contributed by atoms with Crippen molar-refractivity contribution in [2.24, 2.45) is 0 Å². The van der Waals surface area contributed by atoms with Crippen molar-refractivity contribution >= 4 is 11.5 Å². The summed E-state index contributed by atoms with van der Waals surface area (Å²) in [4.78, 5) is 11.5. The normalized spacial score (nSPS) is 15.0. The van der Waals surface area contributed by atoms with E-state index in [9.17, 15) is 0 Å². The summed E-state index contributed by atoms with van der Waals surface area (Å²) >= 11 is 0. The molecule has 1 aliphatic rings. The van der Waals surface area contributed by atoms with Gasteiger partial charge in [0.05, 0.1) is 18.9 Å². The molecule has 6 heteroatoms. The minimum absolute atomic E-state index is 0.601. The number of fused-ring (bicyclic) bond motifs is 1. The molecule has 0 amide bonds. The number of hydrogen-bond acceptors (Lipinski definition) is 5. The van der Waals surface area contributed by atoms with Crippen LogP contribution in [0.5, 0.6) is 0 Å². The summed E-state index contributed by atoms with van der Waals surface area (Å²) < 4.78 is 7.36. The van der Waals surface area contributed by atoms with Crippen molar-refractivity contribution in [3.8, 4) is 22.5 Å². The molecule has 0 bridgehead atoms. The number of ether oxygens (including phenoxy) is 1. The monoisotopic (exact) mass is 385 g/mol. The molecule has 1 aromatic carbocycles. The molecule has 4 aromatic rings. The molecular weight excluding hydrogens is 362 g/mol. The fraction of sp³-hybridized carbons (Fsp3) is 0.217. The molecular formula is C23H23N5O. The molecule has 6 nitrogen and oxygen atoms in total. The Hall–Kier alpha value is -3.22. The van der Waals surface area contributed by atoms with Gasteiger partial charge >= 0.3 is 0 Å². The van der Waals surface area contributed by atoms with Crippen LogP contribution in [0.1, 0.15) is 5.56 Å². The SMILES string of the molecule is Nc1c(-c2ccccn2)nc2ccc(-c3ccc(CN4CCOCC4)cc3)cn12. The maximum Gasteiger partial charge on any atom is 0.139 e. The first kappa shape index (κ1) is 17.8. The maximum absolute atomic E-state index is 6.39. The van der Waals surface area contributed by atoms with Gasteiger partial charge < -0.3 is 10.5 Å². The van der Waals surface area contributed by atoms with Crippen molar-refractivity contribution < 1.29 is 4.74 Å². The predicted molar refractivity (Wildman–Crippen MR) is 114 cm³/mol. The van der Waals surface area contributed by atoms with Gasteiger partial charge in [-0.25, -0.2) is 4.98 Å². The smallest absolute Gasteiger partial charge is 0.139 e. The van der Waals surface area contributed by atoms with E-state index in [0.29, 0.717) is 11.5 Å². The summed E-state index contributed by atoms with van der Waals surface area (Å²) in [5.74, 6) is 0.601. The van der Waals surface area contributed by atoms with Crippen molar-refractivity contribution in [1.82, 2.24) is 19.3 Å². The highest BCUT2D eigenvalue weighted by Gasteiger charge is 2.13. The molecule has 1 fully saturated rings. The van der Waals surface area contributed by atoms with Gasteiger partial charge in [-0.2, -0.15) is 0 Å². The summed E-state index contributed by atoms with van der Waals surface area (Å²) in [7, 11) is 0. The minimum atomic E-state index is 0.601. The van der Waals surface area contributed by atoms with E-state index in [1.807, 2.05) is 34.9 Å². The quantitative estimate of drug-likeness (QED) is 0.582. The Labute approximate surface area is 169 Å². The zero-order valence-corrected chi connectivity index (χ0v) is 16.2. The Bertz CT molecular complexity index is 1120. The molecule has 0 aliphatic carbocycles. The number of benzene rings is 1. The van der Waals surface area contributed by atoms with Crippen LogP contribution in [0.15, 0.2) is 67.0 Å². The van der Waals surface area contributed by atoms with Gasteiger partial charge in [0.1, 0.15) is 17.2 Å². The van der Waals surface area contributed by atoms with Crippen molar-refractivity contribution in [3.05, 3.63) is 72.6 Å². The first-order chi connectivity index (χ1) is 14.3. The van der Waals surface area contributed by atoms with E-state index < -0.39 is 0 Å². The van der Waals surface area contributed by atoms with Crippen LogP contribution in [0, 0.1) is 0 Å². The second kappa shape index (κ2) is 7.66. The van der Waals surface area contributed by atoms with Crippen LogP contribution in [-0.2, 0) is 11.3 Å². The van der Waals surface area contributed by atoms with Crippen LogP contribution in [0.3, 0.4) is 0 Å². The van der Waals surface area contributed by atoms with Crippen molar-refractivity contribution in [2.75, 3.05) is 32.0 Å². The molecule has 29 heavy (non-hydrogen) atoms. The van der Waals surface area contributed by atoms with E-state index in [2.05, 4.69) is 45.2 Å². The van der Waals surface area contributed by atoms with Crippen molar-refractivity contribution in [3.63, 3.8) is 0 Å². The summed E-state index contributed by atoms with van der Waals surface area (Å²) in [6.45, 7) is 4.61. The van der Waals surface area contributed by atoms with Gasteiger partial charge in [0.15, 0.2) is 0 Å². The zero-order valence-electron chi connectivity index (χ0n) is 16.2. The van der Waals surface area contributed by atoms with Gasteiger partial charge in [0.2, 0.25) is 0 Å². The Balaban J connectivity index is 1.42. The van der Waals surface area contributed by atoms with E-state index in [-0.39, 0.29) is 0 Å². The fourth-order valence-corrected chi connectivity index (χ4v) is 3.75. The molecule has 0 radical (unpaired) electrons. The topological polar surface area (TPSA) is 68.7 Å². The number of pyridine rings is 2. The number of aromatic nitrogens is 3. The fourth-order valence-electron chi connectivity index (χ4n) is 3.75. The van der Waals surface area contributed by atoms with E-state index >= 15 is 0 Å². The van der Waals surface area contributed by atoms with Gasteiger partial charge in [-0.15, -0.1) is 0 Å². The van der Waals surface area contributed by atoms with Gasteiger partial charge in [0, 0.05) is 32.0 Å². The highest BCUT2D eigenvalue weighted by Crippen LogP contribution is 2.28. The summed E-state index contributed by atoms with van der Waals surface area (Å²) in [6.07, 6.45) is 3.80. The van der Waals surface area contributed by atoms with Gasteiger partial charge in [0.25, 0.3) is 0 Å². The Kier molecular flexibility index (Phi) is 4.71. The number of hydrogen-bond donors (Lipinski definition) is 1. The lowest BCUT2D eigenvalue weighted by atomic mass is 10.1. The number of morpholine rings is 1. The van der Waals surface area contributed by atoms with Crippen LogP contribution in [0.25, 0.3) is 28.2 Å². The van der Waals surface area contributed by atoms with Crippen molar-refractivity contribution in [2.45, 2.75) is 6.54 Å². The second-order valence-electron chi connectivity index (χ2n) is 7.29. The number of anilines is 1. The molecule has 2 N–H and O–H groups in total. The van der Waals surface area contributed by atoms with Crippen LogP contribution >= 0.6 is 0 Å². The summed E-state index contributed by atoms with van der Waals surface area (Å²) in [5, 5.41) is 0. The number of nitrogens with two attached hydrogens (primary N) is 1. The van der Waals surface area contributed by atoms with E-state index in [1.165, 1.54) is 5.56 Å². The Morgan fingerprint density at radius 1 is 0.931 bits per heavy atom. The molecule has 1 aliphatic heterocycles. The molecule has 0 unspecified atom stereocenters. The van der Waals surface area contributed by atoms with E-state index in [4.69, 9.17) is 10.5 Å². The summed E-state index contributed by atoms with van der Waals surface area (Å²) in [5.41, 5.74) is 12.3. The van der Waals surface area contributed by atoms with Gasteiger partial charge in [-0.3, -0.25) is 14.3 Å². The lowest BCUT2D eigenvalue weighted by molar-refractivity contribution is 0.0342. The largest absolute Gasteiger partial charge is 0.383 e. The molecule has 0 spiro atoms. The highest BCUT2D eigenvalue weighted by molar-refractivity contribution is 5.74. The Morgan fingerprint density at radius 3 is 2.48 bits per heavy atom. The van der Waals surface area contributed by atoms with Crippen LogP contribution < -0.4 is 5.73 Å². The van der Waals surface area contributed by atoms with Crippen molar-refractivity contribution in [1.29, 1.82) is 0 Å². The lowest BCUT2D eigenvalue weighted by Crippen LogP contribution is -2.35. The zero-order chi connectivity index (χ0) is 19.6. The standard InChI is InChI=1S/C23H23N5O/c24-23-22(20-3-1-2-10-25-20)26-21-9-8-19(16-28(21)23)18-6-4-17(5-7-18)15-27-11-13-29-14-12-27/h1-10,16H,11-15,24H2. The third-order valence-electron chi connectivity index (χ3n) is 5.36. The van der Waals surface area contributed by atoms with Crippen LogP contribution in [0.2, 0.25) is 0 Å². The van der Waals surface area contributed by atoms with Crippen LogP contribution in [0.4, 0.5) is 5.82 Å². The predicted octanol–water partition coefficient (Wildman–Crippen LogP) is 3.48. The molecule has 1 saturated heterocycles. The minimum Gasteiger partial charge on any atom is -0.383 e. The van der Waals surface area contributed by atoms with Gasteiger partial charge in [-0.05, 0) is 41.0 Å². The maximum atomic E-state index is 6.39. The average molecular weight is 385 g/mol. The first-order valence-electron chi connectivity index (χ1n) is 9.86. The highest BCUT2D eigenvalue weighted by atomic mass is 16.5. The Morgan fingerprint density at radius 2 is 1.72 bits per heavy atom. The van der Waals surface area contributed by atoms with E-state index in [0.717, 1.165) is 55.3 Å². The summed E-state index contributed by atoms with van der Waals surface area (Å²) in [6, 6.07) is 18.6.